The number of hydrogen-bond donors (Lipinski definition) is 0. The van der Waals surface area contributed by atoms with Gasteiger partial charge in [0.2, 0.25) is 0 Å². The van der Waals surface area contributed by atoms with Crippen molar-refractivity contribution >= 4 is 6.29 Å². The molecule has 1 heterocycles. The average molecular weight is 313 g/mol. The van der Waals surface area contributed by atoms with Crippen LogP contribution in [0, 0.1) is 0 Å². The molecule has 1 atom stereocenters. The third-order valence-electron chi connectivity index (χ3n) is 4.72. The SMILES string of the molecule is O=CC1c2ccccc2CN1Cc1ccc(-c2ccccc2)cc1. The van der Waals surface area contributed by atoms with Crippen LogP contribution in [0.25, 0.3) is 11.1 Å². The molecule has 3 aromatic rings. The summed E-state index contributed by atoms with van der Waals surface area (Å²) in [5, 5.41) is 0. The molecule has 1 aliphatic rings. The Hall–Kier alpha value is -2.71. The molecule has 118 valence electrons. The van der Waals surface area contributed by atoms with Crippen molar-refractivity contribution in [1.82, 2.24) is 4.90 Å². The third-order valence-corrected chi connectivity index (χ3v) is 4.72. The van der Waals surface area contributed by atoms with E-state index in [2.05, 4.69) is 65.6 Å². The van der Waals surface area contributed by atoms with E-state index in [1.165, 1.54) is 22.3 Å². The van der Waals surface area contributed by atoms with E-state index in [4.69, 9.17) is 0 Å². The van der Waals surface area contributed by atoms with Gasteiger partial charge in [-0.05, 0) is 27.8 Å². The van der Waals surface area contributed by atoms with E-state index >= 15 is 0 Å². The highest BCUT2D eigenvalue weighted by Gasteiger charge is 2.29. The van der Waals surface area contributed by atoms with Crippen LogP contribution in [0.3, 0.4) is 0 Å². The molecule has 0 saturated carbocycles. The highest BCUT2D eigenvalue weighted by Crippen LogP contribution is 2.33. The molecular formula is C22H19NO. The summed E-state index contributed by atoms with van der Waals surface area (Å²) in [5.74, 6) is 0. The quantitative estimate of drug-likeness (QED) is 0.656. The maximum atomic E-state index is 11.6. The lowest BCUT2D eigenvalue weighted by Gasteiger charge is -2.20. The summed E-state index contributed by atoms with van der Waals surface area (Å²) in [6, 6.07) is 27.1. The van der Waals surface area contributed by atoms with Crippen LogP contribution in [0.2, 0.25) is 0 Å². The fourth-order valence-electron chi connectivity index (χ4n) is 3.46. The number of nitrogens with zero attached hydrogens (tertiary/aromatic N) is 1. The molecule has 4 rings (SSSR count). The van der Waals surface area contributed by atoms with Crippen LogP contribution in [-0.4, -0.2) is 11.2 Å². The minimum Gasteiger partial charge on any atom is -0.301 e. The highest BCUT2D eigenvalue weighted by atomic mass is 16.1. The Morgan fingerprint density at radius 3 is 2.25 bits per heavy atom. The Bertz CT molecular complexity index is 839. The largest absolute Gasteiger partial charge is 0.301 e. The molecule has 0 radical (unpaired) electrons. The first-order valence-corrected chi connectivity index (χ1v) is 8.26. The second-order valence-electron chi connectivity index (χ2n) is 6.25. The van der Waals surface area contributed by atoms with E-state index in [9.17, 15) is 4.79 Å². The van der Waals surface area contributed by atoms with Gasteiger partial charge in [0.25, 0.3) is 0 Å². The van der Waals surface area contributed by atoms with E-state index in [1.54, 1.807) is 0 Å². The number of carbonyl (C=O) groups is 1. The number of rotatable bonds is 4. The molecule has 0 bridgehead atoms. The van der Waals surface area contributed by atoms with Gasteiger partial charge in [0.15, 0.2) is 0 Å². The molecular weight excluding hydrogens is 294 g/mol. The first-order chi connectivity index (χ1) is 11.8. The van der Waals surface area contributed by atoms with Crippen LogP contribution >= 0.6 is 0 Å². The number of hydrogen-bond acceptors (Lipinski definition) is 2. The van der Waals surface area contributed by atoms with Crippen LogP contribution in [0.15, 0.2) is 78.9 Å². The minimum atomic E-state index is -0.130. The van der Waals surface area contributed by atoms with Gasteiger partial charge < -0.3 is 4.79 Å². The van der Waals surface area contributed by atoms with Crippen molar-refractivity contribution in [3.05, 3.63) is 95.6 Å². The van der Waals surface area contributed by atoms with Crippen LogP contribution in [0.5, 0.6) is 0 Å². The van der Waals surface area contributed by atoms with Crippen LogP contribution in [0.1, 0.15) is 22.7 Å². The maximum Gasteiger partial charge on any atom is 0.141 e. The normalized spacial score (nSPS) is 16.8. The van der Waals surface area contributed by atoms with E-state index in [-0.39, 0.29) is 6.04 Å². The van der Waals surface area contributed by atoms with E-state index in [1.807, 2.05) is 18.2 Å². The van der Waals surface area contributed by atoms with Gasteiger partial charge in [-0.15, -0.1) is 0 Å². The molecule has 0 aromatic heterocycles. The average Bonchev–Trinajstić information content (AvgIpc) is 3.00. The van der Waals surface area contributed by atoms with Crippen molar-refractivity contribution in [1.29, 1.82) is 0 Å². The van der Waals surface area contributed by atoms with E-state index in [0.717, 1.165) is 24.9 Å². The van der Waals surface area contributed by atoms with Crippen molar-refractivity contribution in [2.45, 2.75) is 19.1 Å². The van der Waals surface area contributed by atoms with Gasteiger partial charge in [-0.1, -0.05) is 78.9 Å². The number of aldehydes is 1. The van der Waals surface area contributed by atoms with E-state index in [0.29, 0.717) is 0 Å². The van der Waals surface area contributed by atoms with Crippen LogP contribution in [-0.2, 0) is 17.9 Å². The van der Waals surface area contributed by atoms with Crippen LogP contribution < -0.4 is 0 Å². The summed E-state index contributed by atoms with van der Waals surface area (Å²) < 4.78 is 0. The standard InChI is InChI=1S/C22H19NO/c24-16-22-21-9-5-4-8-20(21)15-23(22)14-17-10-12-19(13-11-17)18-6-2-1-3-7-18/h1-13,16,22H,14-15H2. The number of carbonyl (C=O) groups excluding carboxylic acids is 1. The Morgan fingerprint density at radius 1 is 0.833 bits per heavy atom. The Labute approximate surface area is 142 Å². The molecule has 3 aromatic carbocycles. The predicted molar refractivity (Wildman–Crippen MR) is 96.4 cm³/mol. The van der Waals surface area contributed by atoms with Crippen molar-refractivity contribution < 1.29 is 4.79 Å². The van der Waals surface area contributed by atoms with Gasteiger partial charge in [-0.2, -0.15) is 0 Å². The molecule has 24 heavy (non-hydrogen) atoms. The molecule has 2 heteroatoms. The molecule has 0 spiro atoms. The lowest BCUT2D eigenvalue weighted by atomic mass is 10.0. The summed E-state index contributed by atoms with van der Waals surface area (Å²) in [5.41, 5.74) is 6.08. The van der Waals surface area contributed by atoms with Gasteiger partial charge in [0, 0.05) is 13.1 Å². The van der Waals surface area contributed by atoms with Gasteiger partial charge in [-0.3, -0.25) is 4.90 Å². The fraction of sp³-hybridized carbons (Fsp3) is 0.136. The predicted octanol–water partition coefficient (Wildman–Crippen LogP) is 4.61. The Kier molecular flexibility index (Phi) is 3.97. The van der Waals surface area contributed by atoms with Crippen molar-refractivity contribution in [3.8, 4) is 11.1 Å². The highest BCUT2D eigenvalue weighted by molar-refractivity contribution is 5.65. The molecule has 0 fully saturated rings. The molecule has 0 N–H and O–H groups in total. The summed E-state index contributed by atoms with van der Waals surface area (Å²) >= 11 is 0. The molecule has 0 aliphatic carbocycles. The summed E-state index contributed by atoms with van der Waals surface area (Å²) in [7, 11) is 0. The maximum absolute atomic E-state index is 11.6. The summed E-state index contributed by atoms with van der Waals surface area (Å²) in [4.78, 5) is 13.8. The van der Waals surface area contributed by atoms with Gasteiger partial charge in [-0.25, -0.2) is 0 Å². The zero-order valence-electron chi connectivity index (χ0n) is 13.4. The monoisotopic (exact) mass is 313 g/mol. The topological polar surface area (TPSA) is 20.3 Å². The van der Waals surface area contributed by atoms with Gasteiger partial charge in [0.1, 0.15) is 6.29 Å². The smallest absolute Gasteiger partial charge is 0.141 e. The first-order valence-electron chi connectivity index (χ1n) is 8.26. The van der Waals surface area contributed by atoms with E-state index < -0.39 is 0 Å². The van der Waals surface area contributed by atoms with Crippen molar-refractivity contribution in [3.63, 3.8) is 0 Å². The minimum absolute atomic E-state index is 0.130. The fourth-order valence-corrected chi connectivity index (χ4v) is 3.46. The van der Waals surface area contributed by atoms with Crippen LogP contribution in [0.4, 0.5) is 0 Å². The Morgan fingerprint density at radius 2 is 1.50 bits per heavy atom. The Balaban J connectivity index is 1.53. The van der Waals surface area contributed by atoms with Crippen molar-refractivity contribution in [2.75, 3.05) is 0 Å². The zero-order valence-corrected chi connectivity index (χ0v) is 13.4. The van der Waals surface area contributed by atoms with Crippen molar-refractivity contribution in [2.24, 2.45) is 0 Å². The molecule has 1 aliphatic heterocycles. The molecule has 2 nitrogen and oxygen atoms in total. The number of fused-ring (bicyclic) bond motifs is 1. The molecule has 1 unspecified atom stereocenters. The lowest BCUT2D eigenvalue weighted by molar-refractivity contribution is -0.112. The summed E-state index contributed by atoms with van der Waals surface area (Å²) in [6.45, 7) is 1.62. The first kappa shape index (κ1) is 14.9. The second-order valence-corrected chi connectivity index (χ2v) is 6.25. The summed E-state index contributed by atoms with van der Waals surface area (Å²) in [6.07, 6.45) is 1.06. The molecule has 0 amide bonds. The van der Waals surface area contributed by atoms with Gasteiger partial charge in [0.05, 0.1) is 6.04 Å². The third kappa shape index (κ3) is 2.77. The second kappa shape index (κ2) is 6.42. The molecule has 0 saturated heterocycles. The lowest BCUT2D eigenvalue weighted by Crippen LogP contribution is -2.22. The van der Waals surface area contributed by atoms with Gasteiger partial charge >= 0.3 is 0 Å². The zero-order chi connectivity index (χ0) is 16.4. The number of benzene rings is 3.